The van der Waals surface area contributed by atoms with Crippen molar-refractivity contribution in [2.45, 2.75) is 45.6 Å². The van der Waals surface area contributed by atoms with Gasteiger partial charge in [0.25, 0.3) is 5.91 Å². The van der Waals surface area contributed by atoms with Gasteiger partial charge in [-0.2, -0.15) is 0 Å². The third-order valence-corrected chi connectivity index (χ3v) is 4.72. The lowest BCUT2D eigenvalue weighted by Gasteiger charge is -2.28. The van der Waals surface area contributed by atoms with Crippen LogP contribution in [0.15, 0.2) is 23.2 Å². The molecular formula is C19H29FN4O. The smallest absolute Gasteiger partial charge is 0.251 e. The normalized spacial score (nSPS) is 20.9. The molecule has 2 rings (SSSR count). The van der Waals surface area contributed by atoms with E-state index in [1.165, 1.54) is 18.9 Å². The maximum atomic E-state index is 13.5. The molecule has 0 bridgehead atoms. The summed E-state index contributed by atoms with van der Waals surface area (Å²) in [5, 5.41) is 9.43. The van der Waals surface area contributed by atoms with Crippen molar-refractivity contribution in [3.05, 3.63) is 35.1 Å². The van der Waals surface area contributed by atoms with Gasteiger partial charge in [0, 0.05) is 31.7 Å². The second kappa shape index (κ2) is 9.39. The lowest BCUT2D eigenvalue weighted by Crippen LogP contribution is -2.46. The minimum absolute atomic E-state index is 0.273. The zero-order valence-electron chi connectivity index (χ0n) is 15.4. The molecule has 0 aliphatic heterocycles. The van der Waals surface area contributed by atoms with E-state index < -0.39 is 0 Å². The van der Waals surface area contributed by atoms with Crippen LogP contribution < -0.4 is 16.0 Å². The van der Waals surface area contributed by atoms with E-state index in [-0.39, 0.29) is 11.7 Å². The molecule has 3 N–H and O–H groups in total. The van der Waals surface area contributed by atoms with Gasteiger partial charge in [-0.05, 0) is 56.2 Å². The average Bonchev–Trinajstić information content (AvgIpc) is 2.61. The monoisotopic (exact) mass is 348 g/mol. The second-order valence-corrected chi connectivity index (χ2v) is 6.82. The molecule has 138 valence electrons. The molecule has 0 aromatic heterocycles. The fourth-order valence-corrected chi connectivity index (χ4v) is 2.99. The van der Waals surface area contributed by atoms with Gasteiger partial charge in [0.1, 0.15) is 5.82 Å². The van der Waals surface area contributed by atoms with E-state index in [1.807, 2.05) is 0 Å². The van der Waals surface area contributed by atoms with Gasteiger partial charge in [0.15, 0.2) is 5.96 Å². The van der Waals surface area contributed by atoms with E-state index in [0.29, 0.717) is 30.3 Å². The zero-order chi connectivity index (χ0) is 18.2. The summed E-state index contributed by atoms with van der Waals surface area (Å²) >= 11 is 0. The third-order valence-electron chi connectivity index (χ3n) is 4.72. The number of amides is 1. The molecular weight excluding hydrogens is 319 g/mol. The van der Waals surface area contributed by atoms with Gasteiger partial charge >= 0.3 is 0 Å². The fraction of sp³-hybridized carbons (Fsp3) is 0.579. The number of carbonyl (C=O) groups is 1. The first kappa shape index (κ1) is 19.2. The summed E-state index contributed by atoms with van der Waals surface area (Å²) in [6.07, 6.45) is 4.82. The van der Waals surface area contributed by atoms with Crippen molar-refractivity contribution in [1.82, 2.24) is 16.0 Å². The highest BCUT2D eigenvalue weighted by molar-refractivity contribution is 5.94. The SMILES string of the molecule is CN=C(NCCNC(=O)c1ccc(C)c(F)c1)NC1CCC(C)CC1. The van der Waals surface area contributed by atoms with Crippen LogP contribution in [0.25, 0.3) is 0 Å². The van der Waals surface area contributed by atoms with Crippen molar-refractivity contribution in [3.63, 3.8) is 0 Å². The van der Waals surface area contributed by atoms with Crippen LogP contribution in [-0.4, -0.2) is 38.0 Å². The Hall–Kier alpha value is -2.11. The van der Waals surface area contributed by atoms with E-state index >= 15 is 0 Å². The van der Waals surface area contributed by atoms with Gasteiger partial charge in [-0.25, -0.2) is 4.39 Å². The molecule has 0 unspecified atom stereocenters. The lowest BCUT2D eigenvalue weighted by molar-refractivity contribution is 0.0954. The summed E-state index contributed by atoms with van der Waals surface area (Å²) in [6.45, 7) is 4.97. The summed E-state index contributed by atoms with van der Waals surface area (Å²) in [6, 6.07) is 4.97. The van der Waals surface area contributed by atoms with Crippen LogP contribution in [0.4, 0.5) is 4.39 Å². The molecule has 0 atom stereocenters. The molecule has 0 spiro atoms. The molecule has 0 saturated heterocycles. The van der Waals surface area contributed by atoms with E-state index in [1.54, 1.807) is 26.1 Å². The van der Waals surface area contributed by atoms with Crippen molar-refractivity contribution < 1.29 is 9.18 Å². The Kier molecular flexibility index (Phi) is 7.22. The molecule has 5 nitrogen and oxygen atoms in total. The lowest BCUT2D eigenvalue weighted by atomic mass is 9.87. The largest absolute Gasteiger partial charge is 0.355 e. The predicted octanol–water partition coefficient (Wildman–Crippen LogP) is 2.61. The van der Waals surface area contributed by atoms with Gasteiger partial charge in [0.05, 0.1) is 0 Å². The zero-order valence-corrected chi connectivity index (χ0v) is 15.4. The van der Waals surface area contributed by atoms with Crippen molar-refractivity contribution in [3.8, 4) is 0 Å². The minimum atomic E-state index is -0.364. The Morgan fingerprint density at radius 2 is 1.88 bits per heavy atom. The standard InChI is InChI=1S/C19H29FN4O/c1-13-4-8-16(9-5-13)24-19(21-3)23-11-10-22-18(25)15-7-6-14(2)17(20)12-15/h6-7,12-13,16H,4-5,8-11H2,1-3H3,(H,22,25)(H2,21,23,24). The van der Waals surface area contributed by atoms with Gasteiger partial charge in [-0.15, -0.1) is 0 Å². The number of nitrogens with one attached hydrogen (secondary N) is 3. The van der Waals surface area contributed by atoms with Crippen LogP contribution in [0.2, 0.25) is 0 Å². The highest BCUT2D eigenvalue weighted by atomic mass is 19.1. The average molecular weight is 348 g/mol. The topological polar surface area (TPSA) is 65.5 Å². The highest BCUT2D eigenvalue weighted by Crippen LogP contribution is 2.23. The van der Waals surface area contributed by atoms with Crippen LogP contribution in [0.5, 0.6) is 0 Å². The molecule has 0 heterocycles. The number of hydrogen-bond donors (Lipinski definition) is 3. The first-order chi connectivity index (χ1) is 12.0. The summed E-state index contributed by atoms with van der Waals surface area (Å²) in [7, 11) is 1.74. The van der Waals surface area contributed by atoms with E-state index in [2.05, 4.69) is 27.9 Å². The summed E-state index contributed by atoms with van der Waals surface area (Å²) < 4.78 is 13.5. The first-order valence-electron chi connectivity index (χ1n) is 9.01. The first-order valence-corrected chi connectivity index (χ1v) is 9.01. The molecule has 0 radical (unpaired) electrons. The molecule has 6 heteroatoms. The van der Waals surface area contributed by atoms with Crippen LogP contribution in [0, 0.1) is 18.7 Å². The summed E-state index contributed by atoms with van der Waals surface area (Å²) in [5.41, 5.74) is 0.868. The van der Waals surface area contributed by atoms with Crippen LogP contribution in [0.3, 0.4) is 0 Å². The van der Waals surface area contributed by atoms with Crippen molar-refractivity contribution in [2.75, 3.05) is 20.1 Å². The van der Waals surface area contributed by atoms with E-state index in [4.69, 9.17) is 0 Å². The number of aliphatic imine (C=N–C) groups is 1. The molecule has 1 aliphatic rings. The van der Waals surface area contributed by atoms with Gasteiger partial charge in [-0.3, -0.25) is 9.79 Å². The summed E-state index contributed by atoms with van der Waals surface area (Å²) in [5.74, 6) is 0.937. The molecule has 1 fully saturated rings. The number of benzene rings is 1. The van der Waals surface area contributed by atoms with Crippen LogP contribution in [0.1, 0.15) is 48.5 Å². The van der Waals surface area contributed by atoms with Gasteiger partial charge in [-0.1, -0.05) is 13.0 Å². The Balaban J connectivity index is 1.70. The minimum Gasteiger partial charge on any atom is -0.355 e. The Labute approximate surface area is 149 Å². The maximum Gasteiger partial charge on any atom is 0.251 e. The van der Waals surface area contributed by atoms with E-state index in [0.717, 1.165) is 24.7 Å². The predicted molar refractivity (Wildman–Crippen MR) is 99.4 cm³/mol. The summed E-state index contributed by atoms with van der Waals surface area (Å²) in [4.78, 5) is 16.2. The second-order valence-electron chi connectivity index (χ2n) is 6.82. The van der Waals surface area contributed by atoms with E-state index in [9.17, 15) is 9.18 Å². The number of nitrogens with zero attached hydrogens (tertiary/aromatic N) is 1. The molecule has 25 heavy (non-hydrogen) atoms. The number of hydrogen-bond acceptors (Lipinski definition) is 2. The molecule has 1 aromatic rings. The Morgan fingerprint density at radius 1 is 1.20 bits per heavy atom. The number of guanidine groups is 1. The number of halogens is 1. The quantitative estimate of drug-likeness (QED) is 0.435. The molecule has 1 aromatic carbocycles. The number of carbonyl (C=O) groups excluding carboxylic acids is 1. The van der Waals surface area contributed by atoms with Gasteiger partial charge < -0.3 is 16.0 Å². The van der Waals surface area contributed by atoms with Crippen molar-refractivity contribution in [2.24, 2.45) is 10.9 Å². The molecule has 1 amide bonds. The Morgan fingerprint density at radius 3 is 2.52 bits per heavy atom. The molecule has 1 aliphatic carbocycles. The number of aryl methyl sites for hydroxylation is 1. The van der Waals surface area contributed by atoms with Crippen molar-refractivity contribution >= 4 is 11.9 Å². The van der Waals surface area contributed by atoms with Gasteiger partial charge in [0.2, 0.25) is 0 Å². The highest BCUT2D eigenvalue weighted by Gasteiger charge is 2.18. The fourth-order valence-electron chi connectivity index (χ4n) is 2.99. The maximum absolute atomic E-state index is 13.5. The van der Waals surface area contributed by atoms with Crippen LogP contribution >= 0.6 is 0 Å². The Bertz CT molecular complexity index is 609. The van der Waals surface area contributed by atoms with Crippen LogP contribution in [-0.2, 0) is 0 Å². The number of rotatable bonds is 5. The van der Waals surface area contributed by atoms with Crippen molar-refractivity contribution in [1.29, 1.82) is 0 Å². The molecule has 1 saturated carbocycles. The third kappa shape index (κ3) is 6.03.